The van der Waals surface area contributed by atoms with Crippen molar-refractivity contribution in [3.63, 3.8) is 0 Å². The van der Waals surface area contributed by atoms with Crippen molar-refractivity contribution in [3.05, 3.63) is 33.8 Å². The minimum absolute atomic E-state index is 0.928. The van der Waals surface area contributed by atoms with Crippen LogP contribution in [0.4, 0.5) is 0 Å². The Morgan fingerprint density at radius 3 is 2.23 bits per heavy atom. The van der Waals surface area contributed by atoms with Gasteiger partial charge in [-0.3, -0.25) is 0 Å². The topological polar surface area (TPSA) is 0 Å². The molecule has 13 heavy (non-hydrogen) atoms. The molecule has 1 aromatic rings. The molecule has 0 aliphatic rings. The van der Waals surface area contributed by atoms with Crippen LogP contribution in [0.1, 0.15) is 31.9 Å². The first-order chi connectivity index (χ1) is 6.29. The van der Waals surface area contributed by atoms with E-state index in [1.165, 1.54) is 15.6 Å². The first-order valence-corrected chi connectivity index (χ1v) is 6.53. The predicted molar refractivity (Wildman–Crippen MR) is 67.5 cm³/mol. The molecule has 0 saturated heterocycles. The highest BCUT2D eigenvalue weighted by atomic mass is 79.9. The van der Waals surface area contributed by atoms with Crippen LogP contribution in [0, 0.1) is 0 Å². The van der Waals surface area contributed by atoms with Gasteiger partial charge in [-0.15, -0.1) is 0 Å². The van der Waals surface area contributed by atoms with Gasteiger partial charge in [0.15, 0.2) is 0 Å². The van der Waals surface area contributed by atoms with Crippen LogP contribution in [0.25, 0.3) is 0 Å². The molecule has 1 aromatic carbocycles. The van der Waals surface area contributed by atoms with E-state index in [2.05, 4.69) is 57.0 Å². The van der Waals surface area contributed by atoms with Gasteiger partial charge >= 0.3 is 0 Å². The van der Waals surface area contributed by atoms with Crippen molar-refractivity contribution >= 4 is 31.9 Å². The van der Waals surface area contributed by atoms with E-state index in [0.29, 0.717) is 0 Å². The first-order valence-electron chi connectivity index (χ1n) is 4.61. The summed E-state index contributed by atoms with van der Waals surface area (Å²) in [5.41, 5.74) is 2.78. The lowest BCUT2D eigenvalue weighted by Crippen LogP contribution is -1.89. The fourth-order valence-electron chi connectivity index (χ4n) is 1.08. The molecule has 0 atom stereocenters. The zero-order chi connectivity index (χ0) is 10.3. The second-order valence-electron chi connectivity index (χ2n) is 2.36. The molecule has 0 fully saturated rings. The van der Waals surface area contributed by atoms with Gasteiger partial charge in [0.25, 0.3) is 0 Å². The molecule has 0 aliphatic heterocycles. The number of hydrogen-bond donors (Lipinski definition) is 0. The van der Waals surface area contributed by atoms with E-state index in [0.717, 1.165) is 11.8 Å². The maximum absolute atomic E-state index is 3.52. The lowest BCUT2D eigenvalue weighted by atomic mass is 10.1. The summed E-state index contributed by atoms with van der Waals surface area (Å²) in [7, 11) is 0. The Hall–Kier alpha value is 0.180. The van der Waals surface area contributed by atoms with Crippen molar-refractivity contribution in [2.45, 2.75) is 32.5 Å². The monoisotopic (exact) mass is 306 g/mol. The molecule has 0 radical (unpaired) electrons. The summed E-state index contributed by atoms with van der Waals surface area (Å²) in [5.74, 6) is 0. The van der Waals surface area contributed by atoms with Crippen LogP contribution >= 0.6 is 31.9 Å². The van der Waals surface area contributed by atoms with Crippen LogP contribution in [-0.4, -0.2) is 0 Å². The molecule has 0 unspecified atom stereocenters. The van der Waals surface area contributed by atoms with Gasteiger partial charge in [0.1, 0.15) is 0 Å². The largest absolute Gasteiger partial charge is 0.0876 e. The van der Waals surface area contributed by atoms with Crippen molar-refractivity contribution in [2.24, 2.45) is 0 Å². The zero-order valence-corrected chi connectivity index (χ0v) is 11.6. The van der Waals surface area contributed by atoms with Gasteiger partial charge in [-0.2, -0.15) is 0 Å². The highest BCUT2D eigenvalue weighted by molar-refractivity contribution is 9.10. The Labute approximate surface area is 98.0 Å². The Morgan fingerprint density at radius 1 is 1.23 bits per heavy atom. The standard InChI is InChI=1S/C9H10Br2.C2H6/c1-2-7-4-3-5-9(11)8(7)6-10;1-2/h3-5H,2,6H2,1H3;1-2H3. The number of halogens is 2. The van der Waals surface area contributed by atoms with Crippen LogP contribution < -0.4 is 0 Å². The van der Waals surface area contributed by atoms with Gasteiger partial charge in [0.2, 0.25) is 0 Å². The van der Waals surface area contributed by atoms with Gasteiger partial charge < -0.3 is 0 Å². The summed E-state index contributed by atoms with van der Waals surface area (Å²) in [6.45, 7) is 6.17. The Kier molecular flexibility index (Phi) is 7.68. The molecule has 0 nitrogen and oxygen atoms in total. The van der Waals surface area contributed by atoms with Crippen LogP contribution in [0.2, 0.25) is 0 Å². The van der Waals surface area contributed by atoms with E-state index in [1.807, 2.05) is 13.8 Å². The van der Waals surface area contributed by atoms with Crippen molar-refractivity contribution in [3.8, 4) is 0 Å². The van der Waals surface area contributed by atoms with Gasteiger partial charge in [0, 0.05) is 9.80 Å². The van der Waals surface area contributed by atoms with E-state index < -0.39 is 0 Å². The van der Waals surface area contributed by atoms with E-state index in [-0.39, 0.29) is 0 Å². The van der Waals surface area contributed by atoms with Gasteiger partial charge in [-0.05, 0) is 23.6 Å². The molecule has 0 aromatic heterocycles. The Balaban J connectivity index is 0.000000671. The summed E-state index contributed by atoms with van der Waals surface area (Å²) in [6.07, 6.45) is 1.10. The average Bonchev–Trinajstić information content (AvgIpc) is 2.20. The number of rotatable bonds is 2. The first kappa shape index (κ1) is 13.2. The molecule has 0 saturated carbocycles. The molecule has 0 spiro atoms. The Bertz CT molecular complexity index is 244. The molecule has 0 N–H and O–H groups in total. The van der Waals surface area contributed by atoms with Crippen molar-refractivity contribution in [1.82, 2.24) is 0 Å². The SMILES string of the molecule is CC.CCc1cccc(Br)c1CBr. The van der Waals surface area contributed by atoms with Crippen LogP contribution in [0.3, 0.4) is 0 Å². The lowest BCUT2D eigenvalue weighted by molar-refractivity contribution is 1.10. The van der Waals surface area contributed by atoms with Gasteiger partial charge in [-0.25, -0.2) is 0 Å². The summed E-state index contributed by atoms with van der Waals surface area (Å²) < 4.78 is 1.20. The number of aryl methyl sites for hydroxylation is 1. The quantitative estimate of drug-likeness (QED) is 0.679. The molecule has 0 bridgehead atoms. The molecule has 0 amide bonds. The maximum atomic E-state index is 3.52. The van der Waals surface area contributed by atoms with Crippen LogP contribution in [0.5, 0.6) is 0 Å². The normalized spacial score (nSPS) is 9.00. The summed E-state index contributed by atoms with van der Waals surface area (Å²) in [4.78, 5) is 0. The van der Waals surface area contributed by atoms with E-state index in [4.69, 9.17) is 0 Å². The number of hydrogen-bond acceptors (Lipinski definition) is 0. The lowest BCUT2D eigenvalue weighted by Gasteiger charge is -2.05. The van der Waals surface area contributed by atoms with E-state index in [9.17, 15) is 0 Å². The highest BCUT2D eigenvalue weighted by Crippen LogP contribution is 2.23. The molecular formula is C11H16Br2. The second-order valence-corrected chi connectivity index (χ2v) is 3.78. The van der Waals surface area contributed by atoms with Crippen molar-refractivity contribution < 1.29 is 0 Å². The van der Waals surface area contributed by atoms with E-state index in [1.54, 1.807) is 0 Å². The third-order valence-electron chi connectivity index (χ3n) is 1.73. The molecule has 1 rings (SSSR count). The smallest absolute Gasteiger partial charge is 0.0296 e. The fourth-order valence-corrected chi connectivity index (χ4v) is 2.67. The third-order valence-corrected chi connectivity index (χ3v) is 3.03. The van der Waals surface area contributed by atoms with E-state index >= 15 is 0 Å². The maximum Gasteiger partial charge on any atom is 0.0296 e. The highest BCUT2D eigenvalue weighted by Gasteiger charge is 2.01. The van der Waals surface area contributed by atoms with Gasteiger partial charge in [0.05, 0.1) is 0 Å². The fraction of sp³-hybridized carbons (Fsp3) is 0.455. The number of benzene rings is 1. The van der Waals surface area contributed by atoms with Crippen molar-refractivity contribution in [2.75, 3.05) is 0 Å². The molecular weight excluding hydrogens is 292 g/mol. The summed E-state index contributed by atoms with van der Waals surface area (Å²) in [6, 6.07) is 6.33. The number of alkyl halides is 1. The minimum Gasteiger partial charge on any atom is -0.0876 e. The zero-order valence-electron chi connectivity index (χ0n) is 8.40. The van der Waals surface area contributed by atoms with Gasteiger partial charge in [-0.1, -0.05) is 64.8 Å². The van der Waals surface area contributed by atoms with Crippen molar-refractivity contribution in [1.29, 1.82) is 0 Å². The minimum atomic E-state index is 0.928. The average molecular weight is 308 g/mol. The van der Waals surface area contributed by atoms with Crippen LogP contribution in [0.15, 0.2) is 22.7 Å². The predicted octanol–water partition coefficient (Wildman–Crippen LogP) is 4.93. The summed E-state index contributed by atoms with van der Waals surface area (Å²) >= 11 is 6.99. The molecule has 74 valence electrons. The van der Waals surface area contributed by atoms with Crippen LogP contribution in [-0.2, 0) is 11.8 Å². The Morgan fingerprint density at radius 2 is 1.85 bits per heavy atom. The second kappa shape index (κ2) is 7.57. The molecule has 0 heterocycles. The molecule has 2 heteroatoms. The summed E-state index contributed by atoms with van der Waals surface area (Å²) in [5, 5.41) is 0.928. The third kappa shape index (κ3) is 3.82. The molecule has 0 aliphatic carbocycles.